The third kappa shape index (κ3) is 0.913. The fraction of sp³-hybridized carbons (Fsp3) is 0.615. The molecule has 2 heteroatoms. The van der Waals surface area contributed by atoms with Gasteiger partial charge in [0.05, 0.1) is 0 Å². The molecule has 80 valence electrons. The van der Waals surface area contributed by atoms with Crippen LogP contribution in [0.4, 0.5) is 0 Å². The molecular formula is C13H16O2. The molecule has 5 atom stereocenters. The van der Waals surface area contributed by atoms with E-state index in [9.17, 15) is 4.79 Å². The lowest BCUT2D eigenvalue weighted by atomic mass is 9.56. The first-order chi connectivity index (χ1) is 7.20. The number of carbonyl (C=O) groups excluding carboxylic acids is 1. The molecule has 2 nitrogen and oxygen atoms in total. The van der Waals surface area contributed by atoms with Gasteiger partial charge < -0.3 is 4.74 Å². The van der Waals surface area contributed by atoms with Crippen molar-refractivity contribution in [3.8, 4) is 0 Å². The van der Waals surface area contributed by atoms with E-state index in [1.165, 1.54) is 0 Å². The zero-order chi connectivity index (χ0) is 10.6. The molecule has 0 amide bonds. The van der Waals surface area contributed by atoms with E-state index in [-0.39, 0.29) is 17.6 Å². The molecule has 0 spiro atoms. The first kappa shape index (κ1) is 9.34. The Labute approximate surface area is 90.0 Å². The lowest BCUT2D eigenvalue weighted by molar-refractivity contribution is -0.157. The van der Waals surface area contributed by atoms with Crippen LogP contribution in [0, 0.1) is 23.7 Å². The van der Waals surface area contributed by atoms with Crippen molar-refractivity contribution in [2.45, 2.75) is 18.9 Å². The van der Waals surface area contributed by atoms with E-state index in [4.69, 9.17) is 4.74 Å². The third-order valence-corrected chi connectivity index (χ3v) is 4.48. The van der Waals surface area contributed by atoms with Gasteiger partial charge in [0.15, 0.2) is 11.4 Å². The number of Topliss-reactive ketones (excluding diaryl/α,β-unsaturated/α-hetero) is 1. The largest absolute Gasteiger partial charge is 0.366 e. The SMILES string of the molecule is CO[C@@]12C=C[C@@H](C(C)C1=O)[C@@H]1CC=C[C@@H]12. The molecule has 4 aliphatic carbocycles. The lowest BCUT2D eigenvalue weighted by Crippen LogP contribution is -2.59. The number of hydrogen-bond acceptors (Lipinski definition) is 2. The van der Waals surface area contributed by atoms with Crippen molar-refractivity contribution in [2.75, 3.05) is 7.11 Å². The van der Waals surface area contributed by atoms with Gasteiger partial charge in [-0.05, 0) is 24.3 Å². The molecule has 0 N–H and O–H groups in total. The third-order valence-electron chi connectivity index (χ3n) is 4.48. The van der Waals surface area contributed by atoms with Crippen LogP contribution in [0.5, 0.6) is 0 Å². The van der Waals surface area contributed by atoms with Gasteiger partial charge in [-0.1, -0.05) is 25.2 Å². The summed E-state index contributed by atoms with van der Waals surface area (Å²) in [4.78, 5) is 12.3. The minimum absolute atomic E-state index is 0.121. The first-order valence-corrected chi connectivity index (χ1v) is 5.66. The molecule has 4 aliphatic rings. The summed E-state index contributed by atoms with van der Waals surface area (Å²) in [5.74, 6) is 1.68. The Balaban J connectivity index is 2.15. The molecule has 0 saturated heterocycles. The lowest BCUT2D eigenvalue weighted by Gasteiger charge is -2.50. The van der Waals surface area contributed by atoms with E-state index in [1.54, 1.807) is 7.11 Å². The molecule has 0 aromatic rings. The van der Waals surface area contributed by atoms with Gasteiger partial charge in [-0.15, -0.1) is 0 Å². The highest BCUT2D eigenvalue weighted by molar-refractivity contribution is 5.94. The number of ketones is 1. The molecule has 0 aromatic carbocycles. The number of allylic oxidation sites excluding steroid dienone is 2. The molecule has 15 heavy (non-hydrogen) atoms. The number of rotatable bonds is 1. The summed E-state index contributed by atoms with van der Waals surface area (Å²) in [7, 11) is 1.66. The Hall–Kier alpha value is -0.890. The average Bonchev–Trinajstić information content (AvgIpc) is 2.74. The Morgan fingerprint density at radius 3 is 3.00 bits per heavy atom. The van der Waals surface area contributed by atoms with Crippen LogP contribution >= 0.6 is 0 Å². The number of hydrogen-bond donors (Lipinski definition) is 0. The topological polar surface area (TPSA) is 26.3 Å². The van der Waals surface area contributed by atoms with E-state index in [2.05, 4.69) is 18.2 Å². The molecule has 0 heterocycles. The van der Waals surface area contributed by atoms with Crippen LogP contribution in [-0.4, -0.2) is 18.5 Å². The summed E-state index contributed by atoms with van der Waals surface area (Å²) in [5.41, 5.74) is -0.647. The molecular weight excluding hydrogens is 188 g/mol. The van der Waals surface area contributed by atoms with Crippen molar-refractivity contribution in [1.29, 1.82) is 0 Å². The maximum atomic E-state index is 12.3. The smallest absolute Gasteiger partial charge is 0.172 e. The summed E-state index contributed by atoms with van der Waals surface area (Å²) in [6, 6.07) is 0. The number of carbonyl (C=O) groups is 1. The first-order valence-electron chi connectivity index (χ1n) is 5.66. The average molecular weight is 204 g/mol. The van der Waals surface area contributed by atoms with Gasteiger partial charge in [-0.2, -0.15) is 0 Å². The van der Waals surface area contributed by atoms with Crippen LogP contribution in [0.2, 0.25) is 0 Å². The van der Waals surface area contributed by atoms with E-state index >= 15 is 0 Å². The highest BCUT2D eigenvalue weighted by Crippen LogP contribution is 2.53. The monoisotopic (exact) mass is 204 g/mol. The molecule has 0 aliphatic heterocycles. The predicted molar refractivity (Wildman–Crippen MR) is 57.3 cm³/mol. The minimum atomic E-state index is -0.647. The highest BCUT2D eigenvalue weighted by atomic mass is 16.5. The molecule has 4 rings (SSSR count). The summed E-state index contributed by atoms with van der Waals surface area (Å²) < 4.78 is 5.57. The summed E-state index contributed by atoms with van der Waals surface area (Å²) in [6.07, 6.45) is 9.67. The zero-order valence-electron chi connectivity index (χ0n) is 9.14. The number of methoxy groups -OCH3 is 1. The Morgan fingerprint density at radius 2 is 2.27 bits per heavy atom. The van der Waals surface area contributed by atoms with Crippen LogP contribution in [0.1, 0.15) is 13.3 Å². The molecule has 1 unspecified atom stereocenters. The van der Waals surface area contributed by atoms with Crippen molar-refractivity contribution in [2.24, 2.45) is 23.7 Å². The minimum Gasteiger partial charge on any atom is -0.366 e. The van der Waals surface area contributed by atoms with Gasteiger partial charge in [0, 0.05) is 18.9 Å². The van der Waals surface area contributed by atoms with Gasteiger partial charge in [0.1, 0.15) is 0 Å². The molecule has 2 bridgehead atoms. The summed E-state index contributed by atoms with van der Waals surface area (Å²) >= 11 is 0. The number of ether oxygens (including phenoxy) is 1. The van der Waals surface area contributed by atoms with Crippen molar-refractivity contribution in [3.63, 3.8) is 0 Å². The Morgan fingerprint density at radius 1 is 1.47 bits per heavy atom. The standard InChI is InChI=1S/C13H16O2/c1-8-9-6-7-13(15-2,12(8)14)11-5-3-4-10(9)11/h3,5-11H,4H2,1-2H3/t8?,9-,10-,11-,13+/m0/s1. The van der Waals surface area contributed by atoms with E-state index in [0.717, 1.165) is 6.42 Å². The quantitative estimate of drug-likeness (QED) is 0.610. The fourth-order valence-corrected chi connectivity index (χ4v) is 3.66. The van der Waals surface area contributed by atoms with Crippen LogP contribution in [-0.2, 0) is 9.53 Å². The van der Waals surface area contributed by atoms with Gasteiger partial charge in [-0.25, -0.2) is 0 Å². The summed E-state index contributed by atoms with van der Waals surface area (Å²) in [5, 5.41) is 0. The zero-order valence-corrected chi connectivity index (χ0v) is 9.14. The summed E-state index contributed by atoms with van der Waals surface area (Å²) in [6.45, 7) is 2.04. The number of fused-ring (bicyclic) bond motifs is 1. The van der Waals surface area contributed by atoms with E-state index in [0.29, 0.717) is 11.8 Å². The maximum Gasteiger partial charge on any atom is 0.172 e. The van der Waals surface area contributed by atoms with Crippen LogP contribution in [0.25, 0.3) is 0 Å². The predicted octanol–water partition coefficient (Wildman–Crippen LogP) is 1.97. The van der Waals surface area contributed by atoms with Crippen molar-refractivity contribution < 1.29 is 9.53 Å². The fourth-order valence-electron chi connectivity index (χ4n) is 3.66. The Kier molecular flexibility index (Phi) is 1.76. The van der Waals surface area contributed by atoms with Crippen molar-refractivity contribution in [3.05, 3.63) is 24.3 Å². The maximum absolute atomic E-state index is 12.3. The van der Waals surface area contributed by atoms with Crippen LogP contribution < -0.4 is 0 Å². The molecule has 0 aromatic heterocycles. The van der Waals surface area contributed by atoms with E-state index in [1.807, 2.05) is 13.0 Å². The highest BCUT2D eigenvalue weighted by Gasteiger charge is 2.59. The second-order valence-electron chi connectivity index (χ2n) is 4.94. The molecule has 0 radical (unpaired) electrons. The second kappa shape index (κ2) is 2.82. The van der Waals surface area contributed by atoms with Gasteiger partial charge in [0.25, 0.3) is 0 Å². The normalized spacial score (nSPS) is 51.2. The molecule has 1 fully saturated rings. The van der Waals surface area contributed by atoms with Gasteiger partial charge in [-0.3, -0.25) is 4.79 Å². The van der Waals surface area contributed by atoms with Crippen molar-refractivity contribution in [1.82, 2.24) is 0 Å². The van der Waals surface area contributed by atoms with Crippen LogP contribution in [0.3, 0.4) is 0 Å². The van der Waals surface area contributed by atoms with Crippen LogP contribution in [0.15, 0.2) is 24.3 Å². The van der Waals surface area contributed by atoms with E-state index < -0.39 is 5.60 Å². The van der Waals surface area contributed by atoms with Crippen molar-refractivity contribution >= 4 is 5.78 Å². The molecule has 1 saturated carbocycles. The Bertz CT molecular complexity index is 369. The second-order valence-corrected chi connectivity index (χ2v) is 4.94. The van der Waals surface area contributed by atoms with Gasteiger partial charge >= 0.3 is 0 Å². The van der Waals surface area contributed by atoms with Gasteiger partial charge in [0.2, 0.25) is 0 Å².